The Balaban J connectivity index is 1.23. The number of hydrogen-bond acceptors (Lipinski definition) is 3. The maximum Gasteiger partial charge on any atom is 0.337 e. The van der Waals surface area contributed by atoms with Crippen LogP contribution in [0.5, 0.6) is 0 Å². The minimum atomic E-state index is -0.276. The average molecular weight is 925 g/mol. The summed E-state index contributed by atoms with van der Waals surface area (Å²) in [6.07, 6.45) is 2.27. The molecule has 0 bridgehead atoms. The van der Waals surface area contributed by atoms with E-state index in [9.17, 15) is 0 Å². The van der Waals surface area contributed by atoms with Crippen LogP contribution in [0.4, 0.5) is 28.6 Å². The third-order valence-corrected chi connectivity index (χ3v) is 17.4. The lowest BCUT2D eigenvalue weighted by molar-refractivity contribution is 0.332. The molecule has 352 valence electrons. The van der Waals surface area contributed by atoms with E-state index in [1.165, 1.54) is 105 Å². The molecule has 0 saturated carbocycles. The van der Waals surface area contributed by atoms with E-state index in [0.29, 0.717) is 0 Å². The van der Waals surface area contributed by atoms with Gasteiger partial charge in [0.05, 0.1) is 5.69 Å². The van der Waals surface area contributed by atoms with Crippen molar-refractivity contribution in [3.8, 4) is 33.4 Å². The maximum absolute atomic E-state index is 7.76. The van der Waals surface area contributed by atoms with Crippen LogP contribution in [0.3, 0.4) is 0 Å². The van der Waals surface area contributed by atoms with Gasteiger partial charge in [-0.2, -0.15) is 0 Å². The first kappa shape index (κ1) is 44.2. The van der Waals surface area contributed by atoms with Gasteiger partial charge in [-0.1, -0.05) is 192 Å². The van der Waals surface area contributed by atoms with Crippen LogP contribution in [0, 0.1) is 0 Å². The highest BCUT2D eigenvalue weighted by Gasteiger charge is 2.52. The number of fused-ring (bicyclic) bond motifs is 13. The quantitative estimate of drug-likeness (QED) is 0.165. The Hall–Kier alpha value is -6.78. The molecule has 0 atom stereocenters. The molecule has 3 nitrogen and oxygen atoms in total. The Bertz CT molecular complexity index is 3710. The summed E-state index contributed by atoms with van der Waals surface area (Å²) in [7, 11) is 0. The summed E-state index contributed by atoms with van der Waals surface area (Å²) in [6, 6.07) is 58.4. The van der Waals surface area contributed by atoms with Gasteiger partial charge < -0.3 is 9.23 Å². The van der Waals surface area contributed by atoms with E-state index < -0.39 is 0 Å². The number of furan rings is 1. The second kappa shape index (κ2) is 14.7. The van der Waals surface area contributed by atoms with Crippen LogP contribution in [0.1, 0.15) is 129 Å². The minimum Gasteiger partial charge on any atom is -0.440 e. The van der Waals surface area contributed by atoms with Gasteiger partial charge in [-0.3, -0.25) is 4.90 Å². The Labute approximate surface area is 421 Å². The van der Waals surface area contributed by atoms with E-state index in [1.54, 1.807) is 0 Å². The standard InChI is InChI=1S/C67H65BN2O/c1-63(2,3)42-26-29-44(30-27-42)70-61-48(32-31-47-46-24-18-19-25-51(46)67(11,12)58(47)61)57-45-23-17-16-22-41(45)36-55-60(57)68(70)59-50-38-52-53(66(9,10)35-34-65(52,7)8)39-56(50)71-62(59)69(55)54-33-28-43(64(4,5)6)37-49(54)40-20-14-13-15-21-40/h13-33,36-39H,34-35H2,1-12H3. The molecule has 0 fully saturated rings. The van der Waals surface area contributed by atoms with Crippen molar-refractivity contribution in [2.75, 3.05) is 9.71 Å². The molecular formula is C67H65BN2O. The van der Waals surface area contributed by atoms with Crippen molar-refractivity contribution in [3.63, 3.8) is 0 Å². The lowest BCUT2D eigenvalue weighted by Gasteiger charge is -2.46. The second-order valence-electron chi connectivity index (χ2n) is 25.2. The van der Waals surface area contributed by atoms with Crippen LogP contribution in [0.2, 0.25) is 0 Å². The molecule has 2 aliphatic carbocycles. The van der Waals surface area contributed by atoms with Gasteiger partial charge in [0.1, 0.15) is 5.58 Å². The summed E-state index contributed by atoms with van der Waals surface area (Å²) in [5.41, 5.74) is 23.8. The summed E-state index contributed by atoms with van der Waals surface area (Å²) in [5.74, 6) is 0.896. The van der Waals surface area contributed by atoms with Gasteiger partial charge in [0.25, 0.3) is 0 Å². The third kappa shape index (κ3) is 6.28. The van der Waals surface area contributed by atoms with Crippen LogP contribution < -0.4 is 20.6 Å². The van der Waals surface area contributed by atoms with Gasteiger partial charge in [0, 0.05) is 44.5 Å². The third-order valence-electron chi connectivity index (χ3n) is 17.4. The largest absolute Gasteiger partial charge is 0.440 e. The Morgan fingerprint density at radius 1 is 0.507 bits per heavy atom. The molecule has 0 unspecified atom stereocenters. The maximum atomic E-state index is 7.76. The predicted octanol–water partition coefficient (Wildman–Crippen LogP) is 17.2. The molecule has 9 aromatic rings. The predicted molar refractivity (Wildman–Crippen MR) is 303 cm³/mol. The van der Waals surface area contributed by atoms with E-state index in [0.717, 1.165) is 35.7 Å². The van der Waals surface area contributed by atoms with Crippen molar-refractivity contribution in [3.05, 3.63) is 185 Å². The van der Waals surface area contributed by atoms with Gasteiger partial charge in [-0.15, -0.1) is 0 Å². The highest BCUT2D eigenvalue weighted by atomic mass is 16.4. The SMILES string of the molecule is CC(C)(C)c1ccc(N2B3c4c(cc5ccccc5c4-c4ccc5c(c42)C(C)(C)c2ccccc2-5)N(c2ccc(C(C)(C)C)cc2-c2ccccc2)c2oc4cc5c(cc4c23)C(C)(C)CCC5(C)C)cc1. The fourth-order valence-electron chi connectivity index (χ4n) is 13.3. The topological polar surface area (TPSA) is 19.6 Å². The summed E-state index contributed by atoms with van der Waals surface area (Å²) in [4.78, 5) is 5.29. The van der Waals surface area contributed by atoms with Gasteiger partial charge >= 0.3 is 6.85 Å². The molecule has 0 radical (unpaired) electrons. The molecule has 4 aliphatic rings. The van der Waals surface area contributed by atoms with Crippen molar-refractivity contribution < 1.29 is 4.42 Å². The van der Waals surface area contributed by atoms with Crippen molar-refractivity contribution in [1.29, 1.82) is 0 Å². The van der Waals surface area contributed by atoms with Crippen LogP contribution in [0.15, 0.2) is 156 Å². The van der Waals surface area contributed by atoms with E-state index in [-0.39, 0.29) is 33.9 Å². The summed E-state index contributed by atoms with van der Waals surface area (Å²) in [6.45, 7) is 28.4. The van der Waals surface area contributed by atoms with Crippen molar-refractivity contribution in [2.24, 2.45) is 0 Å². The molecule has 0 N–H and O–H groups in total. The molecule has 0 amide bonds. The zero-order valence-electron chi connectivity index (χ0n) is 43.7. The summed E-state index contributed by atoms with van der Waals surface area (Å²) >= 11 is 0. The molecule has 71 heavy (non-hydrogen) atoms. The Morgan fingerprint density at radius 3 is 1.86 bits per heavy atom. The molecule has 1 aromatic heterocycles. The monoisotopic (exact) mass is 925 g/mol. The number of anilines is 5. The van der Waals surface area contributed by atoms with Gasteiger partial charge in [-0.05, 0) is 149 Å². The lowest BCUT2D eigenvalue weighted by atomic mass is 9.43. The molecule has 3 heterocycles. The minimum absolute atomic E-state index is 0.000155. The zero-order chi connectivity index (χ0) is 49.3. The lowest BCUT2D eigenvalue weighted by Crippen LogP contribution is -2.61. The van der Waals surface area contributed by atoms with Crippen LogP contribution in [0.25, 0.3) is 55.1 Å². The molecule has 4 heteroatoms. The first-order chi connectivity index (χ1) is 33.7. The molecule has 0 spiro atoms. The second-order valence-corrected chi connectivity index (χ2v) is 25.2. The Kier molecular flexibility index (Phi) is 9.12. The average Bonchev–Trinajstić information content (AvgIpc) is 3.83. The number of hydrogen-bond donors (Lipinski definition) is 0. The molecule has 2 aliphatic heterocycles. The zero-order valence-corrected chi connectivity index (χ0v) is 43.7. The van der Waals surface area contributed by atoms with Gasteiger partial charge in [-0.25, -0.2) is 0 Å². The fourth-order valence-corrected chi connectivity index (χ4v) is 13.3. The van der Waals surface area contributed by atoms with E-state index >= 15 is 0 Å². The fraction of sp³-hybridized carbons (Fsp3) is 0.284. The molecule has 13 rings (SSSR count). The van der Waals surface area contributed by atoms with Crippen molar-refractivity contribution >= 4 is 68.1 Å². The first-order valence-electron chi connectivity index (χ1n) is 26.1. The van der Waals surface area contributed by atoms with Crippen molar-refractivity contribution in [1.82, 2.24) is 0 Å². The van der Waals surface area contributed by atoms with Crippen LogP contribution >= 0.6 is 0 Å². The van der Waals surface area contributed by atoms with Crippen LogP contribution in [-0.2, 0) is 27.1 Å². The number of nitrogens with zero attached hydrogens (tertiary/aromatic N) is 2. The first-order valence-corrected chi connectivity index (χ1v) is 26.1. The number of rotatable bonds is 3. The summed E-state index contributed by atoms with van der Waals surface area (Å²) in [5, 5.41) is 3.69. The normalized spacial score (nSPS) is 16.9. The molecule has 8 aromatic carbocycles. The van der Waals surface area contributed by atoms with Crippen molar-refractivity contribution in [2.45, 2.75) is 123 Å². The van der Waals surface area contributed by atoms with Gasteiger partial charge in [0.2, 0.25) is 5.88 Å². The number of benzene rings is 8. The molecular weight excluding hydrogens is 860 g/mol. The van der Waals surface area contributed by atoms with E-state index in [4.69, 9.17) is 4.42 Å². The Morgan fingerprint density at radius 2 is 1.14 bits per heavy atom. The molecule has 0 saturated heterocycles. The summed E-state index contributed by atoms with van der Waals surface area (Å²) < 4.78 is 7.76. The highest BCUT2D eigenvalue weighted by molar-refractivity contribution is 6.95. The van der Waals surface area contributed by atoms with Gasteiger partial charge in [0.15, 0.2) is 0 Å². The van der Waals surface area contributed by atoms with E-state index in [1.807, 2.05) is 0 Å². The highest BCUT2D eigenvalue weighted by Crippen LogP contribution is 2.60. The smallest absolute Gasteiger partial charge is 0.337 e. The van der Waals surface area contributed by atoms with E-state index in [2.05, 4.69) is 244 Å². The van der Waals surface area contributed by atoms with Crippen LogP contribution in [-0.4, -0.2) is 6.85 Å².